The summed E-state index contributed by atoms with van der Waals surface area (Å²) >= 11 is 0. The van der Waals surface area contributed by atoms with Crippen molar-refractivity contribution in [2.75, 3.05) is 13.2 Å². The van der Waals surface area contributed by atoms with Gasteiger partial charge in [0.15, 0.2) is 0 Å². The van der Waals surface area contributed by atoms with Crippen LogP contribution in [0.2, 0.25) is 0 Å². The molecule has 0 aliphatic heterocycles. The zero-order chi connectivity index (χ0) is 14.3. The minimum absolute atomic E-state index is 0.0720. The van der Waals surface area contributed by atoms with E-state index in [0.29, 0.717) is 6.54 Å². The third kappa shape index (κ3) is 3.92. The van der Waals surface area contributed by atoms with E-state index in [2.05, 4.69) is 48.5 Å². The van der Waals surface area contributed by atoms with Gasteiger partial charge in [0.05, 0.1) is 0 Å². The number of nitrogens with two attached hydrogens (primary N) is 1. The summed E-state index contributed by atoms with van der Waals surface area (Å²) in [6.07, 6.45) is 2.53. The second kappa shape index (κ2) is 7.22. The number of rotatable bonds is 7. The largest absolute Gasteiger partial charge is 0.396 e. The first-order chi connectivity index (χ1) is 9.78. The molecule has 20 heavy (non-hydrogen) atoms. The first-order valence-electron chi connectivity index (χ1n) is 7.17. The average molecular weight is 269 g/mol. The van der Waals surface area contributed by atoms with Crippen molar-refractivity contribution >= 4 is 0 Å². The van der Waals surface area contributed by atoms with Crippen molar-refractivity contribution in [2.45, 2.75) is 19.3 Å². The zero-order valence-electron chi connectivity index (χ0n) is 11.8. The van der Waals surface area contributed by atoms with Gasteiger partial charge < -0.3 is 10.8 Å². The molecule has 3 N–H and O–H groups in total. The van der Waals surface area contributed by atoms with Crippen LogP contribution in [0.1, 0.15) is 17.5 Å². The van der Waals surface area contributed by atoms with Crippen LogP contribution in [0.4, 0.5) is 0 Å². The highest BCUT2D eigenvalue weighted by Crippen LogP contribution is 2.30. The second-order valence-electron chi connectivity index (χ2n) is 5.50. The van der Waals surface area contributed by atoms with E-state index in [1.807, 2.05) is 12.1 Å². The number of benzene rings is 2. The third-order valence-electron chi connectivity index (χ3n) is 3.92. The van der Waals surface area contributed by atoms with Crippen LogP contribution in [0.25, 0.3) is 0 Å². The van der Waals surface area contributed by atoms with E-state index in [1.54, 1.807) is 0 Å². The van der Waals surface area contributed by atoms with Crippen molar-refractivity contribution in [3.8, 4) is 0 Å². The quantitative estimate of drug-likeness (QED) is 0.812. The van der Waals surface area contributed by atoms with Gasteiger partial charge in [0, 0.05) is 6.61 Å². The van der Waals surface area contributed by atoms with Gasteiger partial charge in [-0.25, -0.2) is 0 Å². The Hall–Kier alpha value is -1.64. The van der Waals surface area contributed by atoms with Gasteiger partial charge in [-0.05, 0) is 42.3 Å². The van der Waals surface area contributed by atoms with E-state index in [4.69, 9.17) is 5.73 Å². The lowest BCUT2D eigenvalue weighted by Crippen LogP contribution is -2.36. The predicted octanol–water partition coefficient (Wildman–Crippen LogP) is 2.80. The van der Waals surface area contributed by atoms with Gasteiger partial charge in [-0.2, -0.15) is 0 Å². The van der Waals surface area contributed by atoms with Gasteiger partial charge in [0.1, 0.15) is 0 Å². The molecule has 0 bridgehead atoms. The third-order valence-corrected chi connectivity index (χ3v) is 3.92. The topological polar surface area (TPSA) is 46.2 Å². The molecule has 0 aliphatic rings. The summed E-state index contributed by atoms with van der Waals surface area (Å²) in [6, 6.07) is 20.8. The van der Waals surface area contributed by atoms with Crippen molar-refractivity contribution in [2.24, 2.45) is 11.1 Å². The lowest BCUT2D eigenvalue weighted by molar-refractivity contribution is 0.183. The van der Waals surface area contributed by atoms with Crippen LogP contribution in [-0.4, -0.2) is 18.3 Å². The van der Waals surface area contributed by atoms with Crippen LogP contribution in [0.5, 0.6) is 0 Å². The number of aliphatic hydroxyl groups excluding tert-OH is 1. The molecule has 2 nitrogen and oxygen atoms in total. The van der Waals surface area contributed by atoms with E-state index in [-0.39, 0.29) is 12.0 Å². The molecule has 0 aromatic heterocycles. The van der Waals surface area contributed by atoms with Gasteiger partial charge in [0.2, 0.25) is 0 Å². The average Bonchev–Trinajstić information content (AvgIpc) is 2.49. The van der Waals surface area contributed by atoms with E-state index in [0.717, 1.165) is 19.3 Å². The van der Waals surface area contributed by atoms with Crippen LogP contribution in [0.3, 0.4) is 0 Å². The molecule has 0 amide bonds. The Morgan fingerprint density at radius 3 is 1.60 bits per heavy atom. The SMILES string of the molecule is NCC(CCO)(Cc1ccccc1)Cc1ccccc1. The summed E-state index contributed by atoms with van der Waals surface area (Å²) in [5.74, 6) is 0. The van der Waals surface area contributed by atoms with E-state index in [9.17, 15) is 5.11 Å². The molecule has 0 saturated heterocycles. The van der Waals surface area contributed by atoms with Crippen LogP contribution >= 0.6 is 0 Å². The highest BCUT2D eigenvalue weighted by atomic mass is 16.3. The lowest BCUT2D eigenvalue weighted by atomic mass is 9.74. The van der Waals surface area contributed by atoms with Gasteiger partial charge >= 0.3 is 0 Å². The van der Waals surface area contributed by atoms with Crippen LogP contribution in [0, 0.1) is 5.41 Å². The normalized spacial score (nSPS) is 11.5. The van der Waals surface area contributed by atoms with Crippen molar-refractivity contribution in [1.82, 2.24) is 0 Å². The van der Waals surface area contributed by atoms with Gasteiger partial charge in [0.25, 0.3) is 0 Å². The molecule has 2 aromatic rings. The molecule has 0 fully saturated rings. The molecule has 2 aromatic carbocycles. The molecular weight excluding hydrogens is 246 g/mol. The Kier molecular flexibility index (Phi) is 5.33. The minimum atomic E-state index is -0.0720. The van der Waals surface area contributed by atoms with Gasteiger partial charge in [-0.1, -0.05) is 60.7 Å². The Balaban J connectivity index is 2.20. The summed E-state index contributed by atoms with van der Waals surface area (Å²) in [6.45, 7) is 0.758. The monoisotopic (exact) mass is 269 g/mol. The standard InChI is InChI=1S/C18H23NO/c19-15-18(11-12-20,13-16-7-3-1-4-8-16)14-17-9-5-2-6-10-17/h1-10,20H,11-15,19H2. The van der Waals surface area contributed by atoms with Crippen LogP contribution in [-0.2, 0) is 12.8 Å². The molecule has 0 radical (unpaired) electrons. The highest BCUT2D eigenvalue weighted by molar-refractivity contribution is 5.21. The highest BCUT2D eigenvalue weighted by Gasteiger charge is 2.28. The van der Waals surface area contributed by atoms with Crippen molar-refractivity contribution in [3.63, 3.8) is 0 Å². The fourth-order valence-corrected chi connectivity index (χ4v) is 2.78. The molecule has 2 heteroatoms. The second-order valence-corrected chi connectivity index (χ2v) is 5.50. The van der Waals surface area contributed by atoms with E-state index >= 15 is 0 Å². The lowest BCUT2D eigenvalue weighted by Gasteiger charge is -2.32. The summed E-state index contributed by atoms with van der Waals surface area (Å²) in [5.41, 5.74) is 8.57. The number of hydrogen-bond acceptors (Lipinski definition) is 2. The first kappa shape index (κ1) is 14.8. The predicted molar refractivity (Wildman–Crippen MR) is 83.5 cm³/mol. The van der Waals surface area contributed by atoms with Gasteiger partial charge in [-0.15, -0.1) is 0 Å². The first-order valence-corrected chi connectivity index (χ1v) is 7.17. The molecule has 2 rings (SSSR count). The summed E-state index contributed by atoms with van der Waals surface area (Å²) in [7, 11) is 0. The van der Waals surface area contributed by atoms with Gasteiger partial charge in [-0.3, -0.25) is 0 Å². The maximum atomic E-state index is 9.43. The maximum absolute atomic E-state index is 9.43. The smallest absolute Gasteiger partial charge is 0.0437 e. The summed E-state index contributed by atoms with van der Waals surface area (Å²) in [4.78, 5) is 0. The fourth-order valence-electron chi connectivity index (χ4n) is 2.78. The molecule has 0 unspecified atom stereocenters. The molecule has 0 heterocycles. The molecular formula is C18H23NO. The van der Waals surface area contributed by atoms with Crippen molar-refractivity contribution in [1.29, 1.82) is 0 Å². The van der Waals surface area contributed by atoms with Crippen molar-refractivity contribution in [3.05, 3.63) is 71.8 Å². The fraction of sp³-hybridized carbons (Fsp3) is 0.333. The summed E-state index contributed by atoms with van der Waals surface area (Å²) in [5, 5.41) is 9.43. The Labute approximate surface area is 121 Å². The zero-order valence-corrected chi connectivity index (χ0v) is 11.8. The minimum Gasteiger partial charge on any atom is -0.396 e. The van der Waals surface area contributed by atoms with Crippen molar-refractivity contribution < 1.29 is 5.11 Å². The molecule has 106 valence electrons. The van der Waals surface area contributed by atoms with Crippen LogP contribution in [0.15, 0.2) is 60.7 Å². The number of hydrogen-bond donors (Lipinski definition) is 2. The van der Waals surface area contributed by atoms with E-state index < -0.39 is 0 Å². The molecule has 0 spiro atoms. The summed E-state index contributed by atoms with van der Waals surface area (Å²) < 4.78 is 0. The Bertz CT molecular complexity index is 454. The Morgan fingerprint density at radius 2 is 1.25 bits per heavy atom. The van der Waals surface area contributed by atoms with Crippen LogP contribution < -0.4 is 5.73 Å². The molecule has 0 atom stereocenters. The number of aliphatic hydroxyl groups is 1. The molecule has 0 saturated carbocycles. The maximum Gasteiger partial charge on any atom is 0.0437 e. The molecule has 0 aliphatic carbocycles. The Morgan fingerprint density at radius 1 is 0.800 bits per heavy atom. The van der Waals surface area contributed by atoms with E-state index in [1.165, 1.54) is 11.1 Å².